The predicted molar refractivity (Wildman–Crippen MR) is 133 cm³/mol. The number of carbonyl (C=O) groups is 1. The van der Waals surface area contributed by atoms with Crippen molar-refractivity contribution < 1.29 is 9.53 Å². The van der Waals surface area contributed by atoms with Gasteiger partial charge in [-0.3, -0.25) is 9.69 Å². The Balaban J connectivity index is 1.24. The Morgan fingerprint density at radius 3 is 2.42 bits per heavy atom. The second-order valence-corrected chi connectivity index (χ2v) is 9.77. The summed E-state index contributed by atoms with van der Waals surface area (Å²) in [4.78, 5) is 19.1. The highest BCUT2D eigenvalue weighted by Crippen LogP contribution is 2.31. The Bertz CT molecular complexity index is 1270. The van der Waals surface area contributed by atoms with Crippen molar-refractivity contribution >= 4 is 39.1 Å². The van der Waals surface area contributed by atoms with Crippen LogP contribution in [0, 0.1) is 13.8 Å². The van der Waals surface area contributed by atoms with E-state index in [9.17, 15) is 4.79 Å². The fourth-order valence-electron chi connectivity index (χ4n) is 3.95. The maximum atomic E-state index is 13.2. The smallest absolute Gasteiger partial charge is 0.264 e. The van der Waals surface area contributed by atoms with Crippen molar-refractivity contribution in [2.24, 2.45) is 0 Å². The molecule has 0 radical (unpaired) electrons. The fourth-order valence-corrected chi connectivity index (χ4v) is 5.22. The lowest BCUT2D eigenvalue weighted by molar-refractivity contribution is 0.0485. The molecule has 0 saturated carbocycles. The van der Waals surface area contributed by atoms with Crippen LogP contribution in [0.4, 0.5) is 0 Å². The summed E-state index contributed by atoms with van der Waals surface area (Å²) in [6.45, 7) is 7.48. The lowest BCUT2D eigenvalue weighted by Crippen LogP contribution is -2.49. The predicted octanol–water partition coefficient (Wildman–Crippen LogP) is 5.15. The van der Waals surface area contributed by atoms with Crippen LogP contribution < -0.4 is 4.74 Å². The number of piperazine rings is 1. The van der Waals surface area contributed by atoms with E-state index < -0.39 is 0 Å². The molecule has 0 bridgehead atoms. The van der Waals surface area contributed by atoms with Crippen molar-refractivity contribution in [3.8, 4) is 11.4 Å². The highest BCUT2D eigenvalue weighted by atomic mass is 35.5. The number of carbonyl (C=O) groups excluding carboxylic acids is 1. The van der Waals surface area contributed by atoms with Crippen molar-refractivity contribution in [3.63, 3.8) is 0 Å². The number of hydrogen-bond donors (Lipinski definition) is 0. The summed E-state index contributed by atoms with van der Waals surface area (Å²) < 4.78 is 7.78. The van der Waals surface area contributed by atoms with Gasteiger partial charge in [-0.15, -0.1) is 11.3 Å². The molecule has 8 heteroatoms. The number of amides is 1. The van der Waals surface area contributed by atoms with Crippen molar-refractivity contribution in [1.82, 2.24) is 19.6 Å². The molecule has 1 aliphatic heterocycles. The second-order valence-electron chi connectivity index (χ2n) is 8.30. The van der Waals surface area contributed by atoms with Crippen LogP contribution in [0.15, 0.2) is 54.6 Å². The summed E-state index contributed by atoms with van der Waals surface area (Å²) >= 11 is 7.44. The molecule has 2 aromatic carbocycles. The van der Waals surface area contributed by atoms with Crippen molar-refractivity contribution in [1.29, 1.82) is 0 Å². The van der Waals surface area contributed by atoms with Gasteiger partial charge in [-0.25, -0.2) is 4.68 Å². The van der Waals surface area contributed by atoms with Crippen LogP contribution in [0.3, 0.4) is 0 Å². The molecule has 3 heterocycles. The van der Waals surface area contributed by atoms with Gasteiger partial charge in [-0.05, 0) is 56.3 Å². The quantitative estimate of drug-likeness (QED) is 0.396. The molecular weight excluding hydrogens is 456 g/mol. The number of aryl methyl sites for hydroxylation is 2. The van der Waals surface area contributed by atoms with E-state index >= 15 is 0 Å². The van der Waals surface area contributed by atoms with Crippen molar-refractivity contribution in [2.75, 3.05) is 32.9 Å². The van der Waals surface area contributed by atoms with Crippen LogP contribution in [0.5, 0.6) is 5.75 Å². The Morgan fingerprint density at radius 1 is 1.03 bits per heavy atom. The van der Waals surface area contributed by atoms with Gasteiger partial charge in [-0.1, -0.05) is 29.3 Å². The number of hydrogen-bond acceptors (Lipinski definition) is 5. The molecule has 1 fully saturated rings. The summed E-state index contributed by atoms with van der Waals surface area (Å²) in [5, 5.41) is 6.43. The number of nitrogens with zero attached hydrogens (tertiary/aromatic N) is 4. The summed E-state index contributed by atoms with van der Waals surface area (Å²) in [5.74, 6) is 0.880. The molecule has 6 nitrogen and oxygen atoms in total. The maximum Gasteiger partial charge on any atom is 0.264 e. The van der Waals surface area contributed by atoms with Crippen molar-refractivity contribution in [3.05, 3.63) is 75.8 Å². The minimum absolute atomic E-state index is 0.0873. The highest BCUT2D eigenvalue weighted by molar-refractivity contribution is 7.20. The van der Waals surface area contributed by atoms with Gasteiger partial charge in [0.1, 0.15) is 17.3 Å². The number of benzene rings is 2. The lowest BCUT2D eigenvalue weighted by Gasteiger charge is -2.34. The molecule has 1 saturated heterocycles. The van der Waals surface area contributed by atoms with E-state index in [2.05, 4.69) is 36.1 Å². The molecule has 1 aliphatic rings. The van der Waals surface area contributed by atoms with Gasteiger partial charge in [0.2, 0.25) is 0 Å². The van der Waals surface area contributed by atoms with Crippen LogP contribution in [0.2, 0.25) is 5.02 Å². The van der Waals surface area contributed by atoms with Crippen LogP contribution in [-0.2, 0) is 0 Å². The molecule has 0 aliphatic carbocycles. The van der Waals surface area contributed by atoms with Gasteiger partial charge >= 0.3 is 0 Å². The van der Waals surface area contributed by atoms with E-state index in [1.807, 2.05) is 46.8 Å². The van der Waals surface area contributed by atoms with Gasteiger partial charge in [0.25, 0.3) is 5.91 Å². The molecule has 0 atom stereocenters. The van der Waals surface area contributed by atoms with Crippen molar-refractivity contribution in [2.45, 2.75) is 13.8 Å². The van der Waals surface area contributed by atoms with Gasteiger partial charge in [0, 0.05) is 36.6 Å². The van der Waals surface area contributed by atoms with Crippen LogP contribution >= 0.6 is 22.9 Å². The summed E-state index contributed by atoms with van der Waals surface area (Å²) in [7, 11) is 0. The summed E-state index contributed by atoms with van der Waals surface area (Å²) in [5.41, 5.74) is 3.15. The lowest BCUT2D eigenvalue weighted by atomic mass is 10.2. The van der Waals surface area contributed by atoms with E-state index in [1.165, 1.54) is 16.9 Å². The molecule has 170 valence electrons. The second kappa shape index (κ2) is 9.17. The molecule has 0 unspecified atom stereocenters. The molecule has 1 amide bonds. The number of rotatable bonds is 5. The number of thiophene rings is 1. The molecule has 5 rings (SSSR count). The van der Waals surface area contributed by atoms with E-state index in [0.717, 1.165) is 45.3 Å². The van der Waals surface area contributed by atoms with Crippen LogP contribution in [0.25, 0.3) is 15.9 Å². The Hall–Kier alpha value is -2.87. The molecule has 33 heavy (non-hydrogen) atoms. The number of ether oxygens (including phenoxy) is 1. The van der Waals surface area contributed by atoms with Gasteiger partial charge in [0.15, 0.2) is 0 Å². The maximum absolute atomic E-state index is 13.2. The Labute approximate surface area is 201 Å². The standard InChI is InChI=1S/C25H25ClN4O2S/c1-17-3-7-20(8-4-17)30-25-22(18(2)27-30)15-23(33-25)24(31)29-13-11-28(12-14-29)16-32-21-9-5-19(26)6-10-21/h3-10,15H,11-14,16H2,1-2H3. The van der Waals surface area contributed by atoms with Gasteiger partial charge in [0.05, 0.1) is 16.3 Å². The first kappa shape index (κ1) is 21.9. The third kappa shape index (κ3) is 4.62. The van der Waals surface area contributed by atoms with Gasteiger partial charge < -0.3 is 9.64 Å². The fraction of sp³-hybridized carbons (Fsp3) is 0.280. The normalized spacial score (nSPS) is 14.7. The zero-order chi connectivity index (χ0) is 22.9. The average Bonchev–Trinajstić information content (AvgIpc) is 3.40. The minimum Gasteiger partial charge on any atom is -0.478 e. The van der Waals surface area contributed by atoms with E-state index in [1.54, 1.807) is 0 Å². The largest absolute Gasteiger partial charge is 0.478 e. The number of halogens is 1. The first-order valence-corrected chi connectivity index (χ1v) is 12.1. The van der Waals surface area contributed by atoms with E-state index in [4.69, 9.17) is 21.4 Å². The number of fused-ring (bicyclic) bond motifs is 1. The first-order valence-electron chi connectivity index (χ1n) is 10.9. The Kier molecular flexibility index (Phi) is 6.10. The monoisotopic (exact) mass is 480 g/mol. The number of aromatic nitrogens is 2. The molecular formula is C25H25ClN4O2S. The van der Waals surface area contributed by atoms with Crippen LogP contribution in [0.1, 0.15) is 20.9 Å². The van der Waals surface area contributed by atoms with E-state index in [-0.39, 0.29) is 5.91 Å². The SMILES string of the molecule is Cc1ccc(-n2nc(C)c3cc(C(=O)N4CCN(COc5ccc(Cl)cc5)CC4)sc32)cc1. The molecule has 0 spiro atoms. The zero-order valence-corrected chi connectivity index (χ0v) is 20.2. The highest BCUT2D eigenvalue weighted by Gasteiger charge is 2.25. The molecule has 4 aromatic rings. The van der Waals surface area contributed by atoms with E-state index in [0.29, 0.717) is 24.8 Å². The average molecular weight is 481 g/mol. The first-order chi connectivity index (χ1) is 16.0. The van der Waals surface area contributed by atoms with Crippen LogP contribution in [-0.4, -0.2) is 58.4 Å². The summed E-state index contributed by atoms with van der Waals surface area (Å²) in [6, 6.07) is 17.6. The van der Waals surface area contributed by atoms with Gasteiger partial charge in [-0.2, -0.15) is 5.10 Å². The Morgan fingerprint density at radius 2 is 1.73 bits per heavy atom. The third-order valence-electron chi connectivity index (χ3n) is 5.92. The summed E-state index contributed by atoms with van der Waals surface area (Å²) in [6.07, 6.45) is 0. The minimum atomic E-state index is 0.0873. The topological polar surface area (TPSA) is 50.6 Å². The third-order valence-corrected chi connectivity index (χ3v) is 7.27. The zero-order valence-electron chi connectivity index (χ0n) is 18.6. The molecule has 0 N–H and O–H groups in total. The molecule has 2 aromatic heterocycles.